The summed E-state index contributed by atoms with van der Waals surface area (Å²) in [5.74, 6) is 0. The molecule has 0 saturated heterocycles. The first-order valence-corrected chi connectivity index (χ1v) is 7.05. The van der Waals surface area contributed by atoms with Gasteiger partial charge in [0.1, 0.15) is 0 Å². The van der Waals surface area contributed by atoms with Crippen LogP contribution in [0.15, 0.2) is 46.2 Å². The molecular weight excluding hydrogens is 238 g/mol. The number of benzene rings is 2. The average molecular weight is 257 g/mol. The maximum atomic E-state index is 5.89. The summed E-state index contributed by atoms with van der Waals surface area (Å²) < 4.78 is 0. The number of nitrogen functional groups attached to an aromatic ring is 1. The summed E-state index contributed by atoms with van der Waals surface area (Å²) in [6.07, 6.45) is 1.04. The summed E-state index contributed by atoms with van der Waals surface area (Å²) in [6, 6.07) is 12.7. The Bertz CT molecular complexity index is 561. The lowest BCUT2D eigenvalue weighted by Crippen LogP contribution is -1.91. The summed E-state index contributed by atoms with van der Waals surface area (Å²) in [7, 11) is 0. The van der Waals surface area contributed by atoms with E-state index in [0.717, 1.165) is 12.1 Å². The first-order valence-electron chi connectivity index (χ1n) is 6.23. The van der Waals surface area contributed by atoms with Crippen molar-refractivity contribution in [1.29, 1.82) is 0 Å². The van der Waals surface area contributed by atoms with Gasteiger partial charge in [0.15, 0.2) is 0 Å². The molecule has 2 heteroatoms. The van der Waals surface area contributed by atoms with Crippen molar-refractivity contribution in [2.45, 2.75) is 37.0 Å². The van der Waals surface area contributed by atoms with Crippen LogP contribution in [0.2, 0.25) is 0 Å². The van der Waals surface area contributed by atoms with Crippen LogP contribution in [0.25, 0.3) is 0 Å². The van der Waals surface area contributed by atoms with Crippen molar-refractivity contribution < 1.29 is 0 Å². The zero-order valence-electron chi connectivity index (χ0n) is 11.2. The van der Waals surface area contributed by atoms with Crippen molar-refractivity contribution in [3.8, 4) is 0 Å². The molecule has 1 nitrogen and oxygen atoms in total. The summed E-state index contributed by atoms with van der Waals surface area (Å²) in [6.45, 7) is 6.46. The largest absolute Gasteiger partial charge is 0.399 e. The molecule has 0 unspecified atom stereocenters. The molecule has 2 aromatic carbocycles. The summed E-state index contributed by atoms with van der Waals surface area (Å²) in [5.41, 5.74) is 10.7. The van der Waals surface area contributed by atoms with Crippen LogP contribution >= 0.6 is 11.8 Å². The molecule has 0 atom stereocenters. The van der Waals surface area contributed by atoms with Gasteiger partial charge in [0.2, 0.25) is 0 Å². The minimum atomic E-state index is 0.833. The first kappa shape index (κ1) is 13.0. The fourth-order valence-electron chi connectivity index (χ4n) is 1.89. The highest BCUT2D eigenvalue weighted by atomic mass is 32.2. The SMILES string of the molecule is CCc1ccc(N)cc1Sc1cc(C)ccc1C. The molecule has 0 aliphatic heterocycles. The Morgan fingerprint density at radius 2 is 1.78 bits per heavy atom. The molecule has 0 radical (unpaired) electrons. The molecule has 0 saturated carbocycles. The number of hydrogen-bond donors (Lipinski definition) is 1. The Morgan fingerprint density at radius 1 is 1.00 bits per heavy atom. The van der Waals surface area contributed by atoms with E-state index in [1.165, 1.54) is 26.5 Å². The fraction of sp³-hybridized carbons (Fsp3) is 0.250. The standard InChI is InChI=1S/C16H19NS/c1-4-13-7-8-14(17)10-16(13)18-15-9-11(2)5-6-12(15)3/h5-10H,4,17H2,1-3H3. The fourth-order valence-corrected chi connectivity index (χ4v) is 3.14. The molecule has 0 bridgehead atoms. The highest BCUT2D eigenvalue weighted by molar-refractivity contribution is 7.99. The second-order valence-electron chi connectivity index (χ2n) is 4.59. The van der Waals surface area contributed by atoms with Crippen LogP contribution in [0.4, 0.5) is 5.69 Å². The summed E-state index contributed by atoms with van der Waals surface area (Å²) >= 11 is 1.81. The quantitative estimate of drug-likeness (QED) is 0.813. The number of nitrogens with two attached hydrogens (primary N) is 1. The van der Waals surface area contributed by atoms with Gasteiger partial charge in [-0.05, 0) is 55.2 Å². The van der Waals surface area contributed by atoms with Crippen LogP contribution in [-0.4, -0.2) is 0 Å². The molecule has 0 aliphatic rings. The van der Waals surface area contributed by atoms with Crippen LogP contribution in [0.3, 0.4) is 0 Å². The molecule has 0 amide bonds. The molecule has 2 aromatic rings. The maximum absolute atomic E-state index is 5.89. The van der Waals surface area contributed by atoms with Gasteiger partial charge in [-0.25, -0.2) is 0 Å². The number of hydrogen-bond acceptors (Lipinski definition) is 2. The highest BCUT2D eigenvalue weighted by Crippen LogP contribution is 2.34. The lowest BCUT2D eigenvalue weighted by Gasteiger charge is -2.11. The highest BCUT2D eigenvalue weighted by Gasteiger charge is 2.06. The molecule has 0 aliphatic carbocycles. The third-order valence-corrected chi connectivity index (χ3v) is 4.30. The third kappa shape index (κ3) is 2.88. The molecule has 0 fully saturated rings. The Labute approximate surface area is 113 Å². The van der Waals surface area contributed by atoms with Gasteiger partial charge in [-0.15, -0.1) is 0 Å². The summed E-state index contributed by atoms with van der Waals surface area (Å²) in [5, 5.41) is 0. The second kappa shape index (κ2) is 5.49. The number of rotatable bonds is 3. The topological polar surface area (TPSA) is 26.0 Å². The normalized spacial score (nSPS) is 10.6. The van der Waals surface area contributed by atoms with Gasteiger partial charge in [-0.1, -0.05) is 36.9 Å². The molecule has 2 N–H and O–H groups in total. The van der Waals surface area contributed by atoms with Crippen molar-refractivity contribution in [3.05, 3.63) is 53.1 Å². The van der Waals surface area contributed by atoms with Crippen LogP contribution in [0.1, 0.15) is 23.6 Å². The predicted octanol–water partition coefficient (Wildman–Crippen LogP) is 4.60. The zero-order chi connectivity index (χ0) is 13.1. The van der Waals surface area contributed by atoms with Gasteiger partial charge in [-0.3, -0.25) is 0 Å². The van der Waals surface area contributed by atoms with E-state index < -0.39 is 0 Å². The molecule has 0 aromatic heterocycles. The van der Waals surface area contributed by atoms with E-state index >= 15 is 0 Å². The van der Waals surface area contributed by atoms with Crippen LogP contribution in [-0.2, 0) is 6.42 Å². The van der Waals surface area contributed by atoms with Crippen LogP contribution < -0.4 is 5.73 Å². The minimum Gasteiger partial charge on any atom is -0.399 e. The van der Waals surface area contributed by atoms with Gasteiger partial charge in [-0.2, -0.15) is 0 Å². The summed E-state index contributed by atoms with van der Waals surface area (Å²) in [4.78, 5) is 2.58. The zero-order valence-corrected chi connectivity index (χ0v) is 12.0. The number of anilines is 1. The third-order valence-electron chi connectivity index (χ3n) is 3.04. The van der Waals surface area contributed by atoms with Gasteiger partial charge in [0.25, 0.3) is 0 Å². The van der Waals surface area contributed by atoms with Gasteiger partial charge in [0.05, 0.1) is 0 Å². The van der Waals surface area contributed by atoms with E-state index in [9.17, 15) is 0 Å². The lowest BCUT2D eigenvalue weighted by molar-refractivity contribution is 1.08. The number of aryl methyl sites for hydroxylation is 3. The van der Waals surface area contributed by atoms with Crippen LogP contribution in [0.5, 0.6) is 0 Å². The van der Waals surface area contributed by atoms with Gasteiger partial charge >= 0.3 is 0 Å². The Morgan fingerprint density at radius 3 is 2.50 bits per heavy atom. The average Bonchev–Trinajstić information content (AvgIpc) is 2.34. The van der Waals surface area contributed by atoms with Crippen molar-refractivity contribution in [3.63, 3.8) is 0 Å². The Hall–Kier alpha value is -1.41. The van der Waals surface area contributed by atoms with E-state index in [4.69, 9.17) is 5.73 Å². The molecular formula is C16H19NS. The van der Waals surface area contributed by atoms with Crippen molar-refractivity contribution in [2.24, 2.45) is 0 Å². The minimum absolute atomic E-state index is 0.833. The van der Waals surface area contributed by atoms with E-state index in [1.54, 1.807) is 0 Å². The predicted molar refractivity (Wildman–Crippen MR) is 80.3 cm³/mol. The monoisotopic (exact) mass is 257 g/mol. The molecule has 94 valence electrons. The maximum Gasteiger partial charge on any atom is 0.0325 e. The van der Waals surface area contributed by atoms with Crippen molar-refractivity contribution in [1.82, 2.24) is 0 Å². The van der Waals surface area contributed by atoms with E-state index in [-0.39, 0.29) is 0 Å². The van der Waals surface area contributed by atoms with Gasteiger partial charge in [0, 0.05) is 15.5 Å². The van der Waals surface area contributed by atoms with Crippen molar-refractivity contribution >= 4 is 17.4 Å². The van der Waals surface area contributed by atoms with E-state index in [1.807, 2.05) is 17.8 Å². The molecule has 18 heavy (non-hydrogen) atoms. The Kier molecular flexibility index (Phi) is 3.97. The smallest absolute Gasteiger partial charge is 0.0325 e. The van der Waals surface area contributed by atoms with Crippen molar-refractivity contribution in [2.75, 3.05) is 5.73 Å². The second-order valence-corrected chi connectivity index (χ2v) is 5.68. The first-order chi connectivity index (χ1) is 8.60. The van der Waals surface area contributed by atoms with Crippen LogP contribution in [0, 0.1) is 13.8 Å². The van der Waals surface area contributed by atoms with Gasteiger partial charge < -0.3 is 5.73 Å². The lowest BCUT2D eigenvalue weighted by atomic mass is 10.1. The molecule has 0 spiro atoms. The van der Waals surface area contributed by atoms with E-state index in [0.29, 0.717) is 0 Å². The molecule has 2 rings (SSSR count). The Balaban J connectivity index is 2.38. The van der Waals surface area contributed by atoms with E-state index in [2.05, 4.69) is 51.1 Å². The molecule has 0 heterocycles.